The quantitative estimate of drug-likeness (QED) is 0.657. The maximum Gasteiger partial charge on any atom is 0.255 e. The summed E-state index contributed by atoms with van der Waals surface area (Å²) in [5.74, 6) is -0.472. The van der Waals surface area contributed by atoms with Gasteiger partial charge in [0, 0.05) is 50.5 Å². The minimum atomic E-state index is -3.69. The Morgan fingerprint density at radius 2 is 1.33 bits per heavy atom. The first-order chi connectivity index (χ1) is 15.7. The minimum absolute atomic E-state index is 0.0757. The van der Waals surface area contributed by atoms with E-state index in [2.05, 4.69) is 10.2 Å². The van der Waals surface area contributed by atoms with E-state index in [9.17, 15) is 21.6 Å². The molecule has 2 aliphatic heterocycles. The highest BCUT2D eigenvalue weighted by molar-refractivity contribution is 7.89. The lowest BCUT2D eigenvalue weighted by molar-refractivity contribution is 0.102. The molecule has 2 saturated heterocycles. The maximum absolute atomic E-state index is 13.0. The number of sulfonamides is 2. The SMILES string of the molecule is CN1CCN(S(=O)(=O)c2cccc(C(=O)Nc3ccc(S(=O)(=O)N4CCCC4)cc3)c2)CC1. The van der Waals surface area contributed by atoms with Crippen LogP contribution in [0.4, 0.5) is 5.69 Å². The van der Waals surface area contributed by atoms with E-state index >= 15 is 0 Å². The van der Waals surface area contributed by atoms with E-state index in [1.165, 1.54) is 45.0 Å². The van der Waals surface area contributed by atoms with Gasteiger partial charge in [-0.25, -0.2) is 16.8 Å². The fourth-order valence-corrected chi connectivity index (χ4v) is 6.95. The molecule has 2 aromatic rings. The van der Waals surface area contributed by atoms with E-state index in [0.717, 1.165) is 12.8 Å². The molecule has 0 unspecified atom stereocenters. The van der Waals surface area contributed by atoms with Gasteiger partial charge in [0.2, 0.25) is 20.0 Å². The summed E-state index contributed by atoms with van der Waals surface area (Å²) in [6, 6.07) is 12.0. The van der Waals surface area contributed by atoms with Crippen LogP contribution in [0.1, 0.15) is 23.2 Å². The Kier molecular flexibility index (Phi) is 6.87. The lowest BCUT2D eigenvalue weighted by Crippen LogP contribution is -2.47. The largest absolute Gasteiger partial charge is 0.322 e. The van der Waals surface area contributed by atoms with Gasteiger partial charge in [0.25, 0.3) is 5.91 Å². The van der Waals surface area contributed by atoms with Crippen molar-refractivity contribution in [3.8, 4) is 0 Å². The van der Waals surface area contributed by atoms with Crippen molar-refractivity contribution >= 4 is 31.6 Å². The van der Waals surface area contributed by atoms with Crippen LogP contribution in [0.5, 0.6) is 0 Å². The van der Waals surface area contributed by atoms with Crippen molar-refractivity contribution in [3.05, 3.63) is 54.1 Å². The molecule has 2 aromatic carbocycles. The normalized spacial score (nSPS) is 18.9. The van der Waals surface area contributed by atoms with Crippen molar-refractivity contribution in [1.82, 2.24) is 13.5 Å². The molecule has 9 nitrogen and oxygen atoms in total. The van der Waals surface area contributed by atoms with E-state index < -0.39 is 26.0 Å². The van der Waals surface area contributed by atoms with E-state index in [1.807, 2.05) is 7.05 Å². The summed E-state index contributed by atoms with van der Waals surface area (Å²) in [5.41, 5.74) is 0.631. The van der Waals surface area contributed by atoms with Crippen LogP contribution in [0.2, 0.25) is 0 Å². The smallest absolute Gasteiger partial charge is 0.255 e. The van der Waals surface area contributed by atoms with Gasteiger partial charge in [-0.2, -0.15) is 8.61 Å². The van der Waals surface area contributed by atoms with E-state index in [4.69, 9.17) is 0 Å². The van der Waals surface area contributed by atoms with Crippen LogP contribution >= 0.6 is 0 Å². The number of hydrogen-bond acceptors (Lipinski definition) is 6. The van der Waals surface area contributed by atoms with Gasteiger partial charge in [-0.3, -0.25) is 4.79 Å². The third-order valence-electron chi connectivity index (χ3n) is 6.01. The first-order valence-electron chi connectivity index (χ1n) is 10.9. The summed E-state index contributed by atoms with van der Waals surface area (Å²) < 4.78 is 54.2. The maximum atomic E-state index is 13.0. The third-order valence-corrected chi connectivity index (χ3v) is 9.82. The Hall–Kier alpha value is -2.31. The van der Waals surface area contributed by atoms with Crippen molar-refractivity contribution in [2.75, 3.05) is 51.6 Å². The van der Waals surface area contributed by atoms with Gasteiger partial charge < -0.3 is 10.2 Å². The molecule has 0 saturated carbocycles. The zero-order valence-electron chi connectivity index (χ0n) is 18.5. The summed E-state index contributed by atoms with van der Waals surface area (Å²) >= 11 is 0. The number of benzene rings is 2. The number of anilines is 1. The molecule has 0 aliphatic carbocycles. The van der Waals surface area contributed by atoms with Crippen LogP contribution in [-0.4, -0.2) is 82.6 Å². The lowest BCUT2D eigenvalue weighted by Gasteiger charge is -2.31. The molecule has 2 fully saturated rings. The highest BCUT2D eigenvalue weighted by Gasteiger charge is 2.28. The van der Waals surface area contributed by atoms with Crippen LogP contribution in [0.3, 0.4) is 0 Å². The number of carbonyl (C=O) groups excluding carboxylic acids is 1. The molecule has 0 bridgehead atoms. The number of rotatable bonds is 6. The molecule has 1 N–H and O–H groups in total. The van der Waals surface area contributed by atoms with Gasteiger partial charge in [0.15, 0.2) is 0 Å². The standard InChI is InChI=1S/C22H28N4O5S2/c1-24-13-15-26(16-14-24)33(30,31)21-6-4-5-18(17-21)22(27)23-19-7-9-20(10-8-19)32(28,29)25-11-2-3-12-25/h4-10,17H,2-3,11-16H2,1H3,(H,23,27). The van der Waals surface area contributed by atoms with Gasteiger partial charge in [0.05, 0.1) is 9.79 Å². The summed E-state index contributed by atoms with van der Waals surface area (Å²) in [7, 11) is -5.27. The van der Waals surface area contributed by atoms with Crippen LogP contribution in [0.15, 0.2) is 58.3 Å². The number of nitrogens with zero attached hydrogens (tertiary/aromatic N) is 3. The molecule has 11 heteroatoms. The Morgan fingerprint density at radius 3 is 1.97 bits per heavy atom. The zero-order chi connectivity index (χ0) is 23.6. The van der Waals surface area contributed by atoms with Crippen LogP contribution < -0.4 is 5.32 Å². The van der Waals surface area contributed by atoms with Crippen LogP contribution in [-0.2, 0) is 20.0 Å². The average Bonchev–Trinajstić information content (AvgIpc) is 3.36. The first-order valence-corrected chi connectivity index (χ1v) is 13.8. The molecule has 0 spiro atoms. The molecule has 4 rings (SSSR count). The van der Waals surface area contributed by atoms with Gasteiger partial charge in [0.1, 0.15) is 0 Å². The molecule has 2 heterocycles. The third kappa shape index (κ3) is 5.12. The van der Waals surface area contributed by atoms with Gasteiger partial charge in [-0.05, 0) is 62.4 Å². The second kappa shape index (κ2) is 9.51. The molecular formula is C22H28N4O5S2. The second-order valence-electron chi connectivity index (χ2n) is 8.32. The number of carbonyl (C=O) groups is 1. The number of piperazine rings is 1. The predicted octanol–water partition coefficient (Wildman–Crippen LogP) is 1.66. The Labute approximate surface area is 195 Å². The summed E-state index contributed by atoms with van der Waals surface area (Å²) in [4.78, 5) is 15.1. The summed E-state index contributed by atoms with van der Waals surface area (Å²) in [6.07, 6.45) is 1.72. The fraction of sp³-hybridized carbons (Fsp3) is 0.409. The van der Waals surface area contributed by atoms with Gasteiger partial charge in [-0.15, -0.1) is 0 Å². The molecule has 1 amide bonds. The van der Waals surface area contributed by atoms with Crippen LogP contribution in [0, 0.1) is 0 Å². The van der Waals surface area contributed by atoms with Crippen LogP contribution in [0.25, 0.3) is 0 Å². The Balaban J connectivity index is 1.47. The number of hydrogen-bond donors (Lipinski definition) is 1. The fourth-order valence-electron chi connectivity index (χ4n) is 3.97. The number of amides is 1. The van der Waals surface area contributed by atoms with Crippen molar-refractivity contribution < 1.29 is 21.6 Å². The van der Waals surface area contributed by atoms with E-state index in [-0.39, 0.29) is 15.4 Å². The Morgan fingerprint density at radius 1 is 0.758 bits per heavy atom. The highest BCUT2D eigenvalue weighted by atomic mass is 32.2. The minimum Gasteiger partial charge on any atom is -0.322 e. The topological polar surface area (TPSA) is 107 Å². The van der Waals surface area contributed by atoms with Gasteiger partial charge >= 0.3 is 0 Å². The average molecular weight is 493 g/mol. The first kappa shape index (κ1) is 23.8. The zero-order valence-corrected chi connectivity index (χ0v) is 20.1. The molecular weight excluding hydrogens is 464 g/mol. The van der Waals surface area contributed by atoms with Gasteiger partial charge in [-0.1, -0.05) is 6.07 Å². The molecule has 2 aliphatic rings. The molecule has 33 heavy (non-hydrogen) atoms. The summed E-state index contributed by atoms with van der Waals surface area (Å²) in [6.45, 7) is 3.16. The van der Waals surface area contributed by atoms with E-state index in [1.54, 1.807) is 12.1 Å². The monoisotopic (exact) mass is 492 g/mol. The number of likely N-dealkylation sites (N-methyl/N-ethyl adjacent to an activating group) is 1. The lowest BCUT2D eigenvalue weighted by atomic mass is 10.2. The van der Waals surface area contributed by atoms with Crippen molar-refractivity contribution in [1.29, 1.82) is 0 Å². The Bertz CT molecular complexity index is 1220. The van der Waals surface area contributed by atoms with Crippen molar-refractivity contribution in [3.63, 3.8) is 0 Å². The van der Waals surface area contributed by atoms with Crippen molar-refractivity contribution in [2.45, 2.75) is 22.6 Å². The molecule has 178 valence electrons. The van der Waals surface area contributed by atoms with E-state index in [0.29, 0.717) is 45.0 Å². The second-order valence-corrected chi connectivity index (χ2v) is 12.2. The predicted molar refractivity (Wildman–Crippen MR) is 125 cm³/mol. The summed E-state index contributed by atoms with van der Waals surface area (Å²) in [5, 5.41) is 2.71. The highest BCUT2D eigenvalue weighted by Crippen LogP contribution is 2.23. The van der Waals surface area contributed by atoms with Crippen molar-refractivity contribution in [2.24, 2.45) is 0 Å². The molecule has 0 radical (unpaired) electrons. The number of nitrogens with one attached hydrogen (secondary N) is 1. The molecule has 0 aromatic heterocycles. The molecule has 0 atom stereocenters.